The Morgan fingerprint density at radius 1 is 1.05 bits per heavy atom. The topological polar surface area (TPSA) is 18.5 Å². The molecule has 0 amide bonds. The lowest BCUT2D eigenvalue weighted by molar-refractivity contribution is 0.349. The van der Waals surface area contributed by atoms with Gasteiger partial charge in [-0.15, -0.1) is 11.6 Å². The molecule has 0 fully saturated rings. The van der Waals surface area contributed by atoms with Gasteiger partial charge in [0.15, 0.2) is 11.5 Å². The predicted molar refractivity (Wildman–Crippen MR) is 81.4 cm³/mol. The van der Waals surface area contributed by atoms with Crippen LogP contribution < -0.4 is 9.47 Å². The molecule has 0 saturated heterocycles. The van der Waals surface area contributed by atoms with Gasteiger partial charge in [0.05, 0.1) is 19.6 Å². The van der Waals surface area contributed by atoms with E-state index < -0.39 is 0 Å². The van der Waals surface area contributed by atoms with Gasteiger partial charge in [0.1, 0.15) is 5.82 Å². The lowest BCUT2D eigenvalue weighted by atomic mass is 9.90. The first-order chi connectivity index (χ1) is 9.58. The normalized spacial score (nSPS) is 12.6. The van der Waals surface area contributed by atoms with Gasteiger partial charge in [-0.25, -0.2) is 4.39 Å². The summed E-state index contributed by atoms with van der Waals surface area (Å²) in [7, 11) is 3.03. The first-order valence-corrected chi connectivity index (χ1v) is 7.58. The Morgan fingerprint density at radius 3 is 2.00 bits per heavy atom. The number of hydrogen-bond donors (Lipinski definition) is 0. The number of rotatable bonds is 8. The van der Waals surface area contributed by atoms with E-state index in [-0.39, 0.29) is 17.1 Å². The summed E-state index contributed by atoms with van der Waals surface area (Å²) in [4.78, 5) is 0. The minimum absolute atomic E-state index is 0.277. The van der Waals surface area contributed by atoms with Crippen LogP contribution in [0.5, 0.6) is 11.5 Å². The molecule has 0 N–H and O–H groups in total. The van der Waals surface area contributed by atoms with Gasteiger partial charge in [-0.2, -0.15) is 0 Å². The highest BCUT2D eigenvalue weighted by molar-refractivity contribution is 6.21. The first kappa shape index (κ1) is 17.1. The van der Waals surface area contributed by atoms with Crippen molar-refractivity contribution in [3.8, 4) is 11.5 Å². The first-order valence-electron chi connectivity index (χ1n) is 7.14. The summed E-state index contributed by atoms with van der Waals surface area (Å²) in [5, 5.41) is -0.338. The van der Waals surface area contributed by atoms with E-state index in [9.17, 15) is 4.39 Å². The minimum atomic E-state index is -0.338. The number of halogens is 2. The van der Waals surface area contributed by atoms with Gasteiger partial charge in [-0.05, 0) is 24.8 Å². The number of methoxy groups -OCH3 is 2. The summed E-state index contributed by atoms with van der Waals surface area (Å²) in [6.45, 7) is 4.24. The molecule has 0 aliphatic carbocycles. The van der Waals surface area contributed by atoms with Gasteiger partial charge >= 0.3 is 0 Å². The molecule has 1 atom stereocenters. The Bertz CT molecular complexity index is 417. The third-order valence-electron chi connectivity index (χ3n) is 3.53. The largest absolute Gasteiger partial charge is 0.493 e. The second kappa shape index (κ2) is 8.35. The van der Waals surface area contributed by atoms with Crippen molar-refractivity contribution in [2.24, 2.45) is 5.92 Å². The average molecular weight is 303 g/mol. The molecular formula is C16H24ClFO2. The maximum atomic E-state index is 14.2. The molecule has 0 saturated carbocycles. The quantitative estimate of drug-likeness (QED) is 0.603. The molecule has 20 heavy (non-hydrogen) atoms. The molecular weight excluding hydrogens is 279 g/mol. The van der Waals surface area contributed by atoms with E-state index >= 15 is 0 Å². The van der Waals surface area contributed by atoms with E-state index in [0.717, 1.165) is 25.7 Å². The van der Waals surface area contributed by atoms with Crippen molar-refractivity contribution in [1.29, 1.82) is 0 Å². The zero-order valence-electron chi connectivity index (χ0n) is 12.7. The number of hydrogen-bond acceptors (Lipinski definition) is 2. The standard InChI is InChI=1S/C16H24ClFO2/c1-5-7-11(8-6-2)16(17)12-9-14(19-3)15(20-4)10-13(12)18/h9-11,16H,5-8H2,1-4H3. The summed E-state index contributed by atoms with van der Waals surface area (Å²) in [5.74, 6) is 0.848. The lowest BCUT2D eigenvalue weighted by Gasteiger charge is -2.23. The second-order valence-electron chi connectivity index (χ2n) is 4.97. The van der Waals surface area contributed by atoms with Crippen molar-refractivity contribution < 1.29 is 13.9 Å². The fourth-order valence-electron chi connectivity index (χ4n) is 2.51. The Kier molecular flexibility index (Phi) is 7.14. The van der Waals surface area contributed by atoms with Crippen molar-refractivity contribution in [3.05, 3.63) is 23.5 Å². The van der Waals surface area contributed by atoms with Crippen molar-refractivity contribution in [1.82, 2.24) is 0 Å². The summed E-state index contributed by atoms with van der Waals surface area (Å²) in [6.07, 6.45) is 4.08. The maximum absolute atomic E-state index is 14.2. The molecule has 0 spiro atoms. The molecule has 1 aromatic rings. The van der Waals surface area contributed by atoms with Crippen LogP contribution in [0, 0.1) is 11.7 Å². The van der Waals surface area contributed by atoms with Crippen LogP contribution in [0.4, 0.5) is 4.39 Å². The van der Waals surface area contributed by atoms with Crippen LogP contribution in [0.2, 0.25) is 0 Å². The van der Waals surface area contributed by atoms with Crippen LogP contribution in [0.25, 0.3) is 0 Å². The van der Waals surface area contributed by atoms with E-state index in [1.54, 1.807) is 13.2 Å². The summed E-state index contributed by atoms with van der Waals surface area (Å²) in [5.41, 5.74) is 0.496. The molecule has 1 aromatic carbocycles. The predicted octanol–water partition coefficient (Wildman–Crippen LogP) is 5.34. The summed E-state index contributed by atoms with van der Waals surface area (Å²) < 4.78 is 24.6. The van der Waals surface area contributed by atoms with Gasteiger partial charge in [0, 0.05) is 11.6 Å². The Balaban J connectivity index is 3.09. The van der Waals surface area contributed by atoms with Gasteiger partial charge in [0.25, 0.3) is 0 Å². The van der Waals surface area contributed by atoms with Gasteiger partial charge in [-0.3, -0.25) is 0 Å². The summed E-state index contributed by atoms with van der Waals surface area (Å²) in [6, 6.07) is 3.00. The summed E-state index contributed by atoms with van der Waals surface area (Å²) >= 11 is 6.52. The highest BCUT2D eigenvalue weighted by Crippen LogP contribution is 2.40. The zero-order valence-corrected chi connectivity index (χ0v) is 13.5. The van der Waals surface area contributed by atoms with E-state index in [4.69, 9.17) is 21.1 Å². The fraction of sp³-hybridized carbons (Fsp3) is 0.625. The molecule has 0 heterocycles. The van der Waals surface area contributed by atoms with E-state index in [1.165, 1.54) is 13.2 Å². The highest BCUT2D eigenvalue weighted by Gasteiger charge is 2.24. The smallest absolute Gasteiger partial charge is 0.163 e. The molecule has 0 aliphatic heterocycles. The maximum Gasteiger partial charge on any atom is 0.163 e. The van der Waals surface area contributed by atoms with Gasteiger partial charge in [0.2, 0.25) is 0 Å². The number of benzene rings is 1. The van der Waals surface area contributed by atoms with Crippen LogP contribution in [-0.2, 0) is 0 Å². The van der Waals surface area contributed by atoms with Crippen LogP contribution >= 0.6 is 11.6 Å². The van der Waals surface area contributed by atoms with E-state index in [1.807, 2.05) is 0 Å². The monoisotopic (exact) mass is 302 g/mol. The Hall–Kier alpha value is -0.960. The van der Waals surface area contributed by atoms with Gasteiger partial charge in [-0.1, -0.05) is 26.7 Å². The zero-order chi connectivity index (χ0) is 15.1. The van der Waals surface area contributed by atoms with Crippen molar-refractivity contribution >= 4 is 11.6 Å². The molecule has 0 radical (unpaired) electrons. The molecule has 2 nitrogen and oxygen atoms in total. The van der Waals surface area contributed by atoms with Crippen molar-refractivity contribution in [2.75, 3.05) is 14.2 Å². The van der Waals surface area contributed by atoms with Crippen LogP contribution in [0.1, 0.15) is 50.5 Å². The molecule has 0 aromatic heterocycles. The minimum Gasteiger partial charge on any atom is -0.493 e. The van der Waals surface area contributed by atoms with E-state index in [2.05, 4.69) is 13.8 Å². The Labute approximate surface area is 126 Å². The number of ether oxygens (including phenoxy) is 2. The van der Waals surface area contributed by atoms with Crippen molar-refractivity contribution in [3.63, 3.8) is 0 Å². The van der Waals surface area contributed by atoms with Crippen LogP contribution in [0.15, 0.2) is 12.1 Å². The molecule has 0 aliphatic rings. The van der Waals surface area contributed by atoms with Crippen LogP contribution in [0.3, 0.4) is 0 Å². The molecule has 1 unspecified atom stereocenters. The van der Waals surface area contributed by atoms with E-state index in [0.29, 0.717) is 17.1 Å². The average Bonchev–Trinajstić information content (AvgIpc) is 2.46. The molecule has 4 heteroatoms. The molecule has 1 rings (SSSR count). The SMILES string of the molecule is CCCC(CCC)C(Cl)c1cc(OC)c(OC)cc1F. The van der Waals surface area contributed by atoms with Crippen LogP contribution in [-0.4, -0.2) is 14.2 Å². The van der Waals surface area contributed by atoms with Gasteiger partial charge < -0.3 is 9.47 Å². The fourth-order valence-corrected chi connectivity index (χ4v) is 2.93. The third kappa shape index (κ3) is 4.02. The van der Waals surface area contributed by atoms with Crippen molar-refractivity contribution in [2.45, 2.75) is 44.9 Å². The Morgan fingerprint density at radius 2 is 1.55 bits per heavy atom. The second-order valence-corrected chi connectivity index (χ2v) is 5.44. The lowest BCUT2D eigenvalue weighted by Crippen LogP contribution is -2.10. The third-order valence-corrected chi connectivity index (χ3v) is 4.12. The number of alkyl halides is 1. The molecule has 114 valence electrons. The molecule has 0 bridgehead atoms. The highest BCUT2D eigenvalue weighted by atomic mass is 35.5.